The van der Waals surface area contributed by atoms with Crippen LogP contribution in [-0.2, 0) is 17.9 Å². The van der Waals surface area contributed by atoms with Gasteiger partial charge in [-0.1, -0.05) is 30.3 Å². The summed E-state index contributed by atoms with van der Waals surface area (Å²) in [6.07, 6.45) is 1.56. The van der Waals surface area contributed by atoms with Gasteiger partial charge in [-0.3, -0.25) is 9.59 Å². The second-order valence-electron chi connectivity index (χ2n) is 6.00. The molecule has 2 amide bonds. The molecule has 0 aliphatic carbocycles. The van der Waals surface area contributed by atoms with E-state index in [1.54, 1.807) is 24.3 Å². The molecule has 2 aromatic rings. The lowest BCUT2D eigenvalue weighted by Gasteiger charge is -2.18. The second kappa shape index (κ2) is 7.17. The van der Waals surface area contributed by atoms with E-state index >= 15 is 0 Å². The largest absolute Gasteiger partial charge is 0.399 e. The van der Waals surface area contributed by atoms with Gasteiger partial charge < -0.3 is 16.0 Å². The van der Waals surface area contributed by atoms with Crippen molar-refractivity contribution in [2.24, 2.45) is 0 Å². The van der Waals surface area contributed by atoms with Crippen molar-refractivity contribution in [3.63, 3.8) is 0 Å². The zero-order valence-corrected chi connectivity index (χ0v) is 13.5. The number of nitrogen functional groups attached to an aromatic ring is 1. The quantitative estimate of drug-likeness (QED) is 0.829. The van der Waals surface area contributed by atoms with Crippen LogP contribution in [-0.4, -0.2) is 23.3 Å². The number of amides is 2. The van der Waals surface area contributed by atoms with Gasteiger partial charge in [-0.2, -0.15) is 0 Å². The number of anilines is 1. The lowest BCUT2D eigenvalue weighted by molar-refractivity contribution is -0.128. The minimum atomic E-state index is -0.158. The summed E-state index contributed by atoms with van der Waals surface area (Å²) in [6, 6.07) is 14.8. The molecule has 1 heterocycles. The van der Waals surface area contributed by atoms with E-state index < -0.39 is 0 Å². The third-order valence-corrected chi connectivity index (χ3v) is 4.24. The zero-order chi connectivity index (χ0) is 16.9. The lowest BCUT2D eigenvalue weighted by atomic mass is 10.1. The number of rotatable bonds is 5. The second-order valence-corrected chi connectivity index (χ2v) is 6.00. The highest BCUT2D eigenvalue weighted by molar-refractivity contribution is 5.94. The van der Waals surface area contributed by atoms with Gasteiger partial charge in [0.05, 0.1) is 0 Å². The zero-order valence-electron chi connectivity index (χ0n) is 13.5. The molecule has 0 unspecified atom stereocenters. The Morgan fingerprint density at radius 3 is 2.62 bits per heavy atom. The summed E-state index contributed by atoms with van der Waals surface area (Å²) in [5, 5.41) is 2.92. The minimum Gasteiger partial charge on any atom is -0.399 e. The fourth-order valence-corrected chi connectivity index (χ4v) is 2.92. The van der Waals surface area contributed by atoms with E-state index in [-0.39, 0.29) is 11.8 Å². The summed E-state index contributed by atoms with van der Waals surface area (Å²) >= 11 is 0. The molecule has 5 nitrogen and oxygen atoms in total. The molecule has 2 aromatic carbocycles. The van der Waals surface area contributed by atoms with Gasteiger partial charge in [0.1, 0.15) is 0 Å². The molecule has 3 rings (SSSR count). The van der Waals surface area contributed by atoms with Crippen molar-refractivity contribution in [3.8, 4) is 0 Å². The molecule has 0 atom stereocenters. The first-order valence-corrected chi connectivity index (χ1v) is 8.12. The standard InChI is InChI=1S/C19H21N3O2/c20-17-8-3-7-14(11-17)19(24)21-12-15-5-1-2-6-16(15)13-22-10-4-9-18(22)23/h1-3,5-8,11H,4,9-10,12-13,20H2,(H,21,24). The topological polar surface area (TPSA) is 75.4 Å². The highest BCUT2D eigenvalue weighted by Crippen LogP contribution is 2.17. The van der Waals surface area contributed by atoms with E-state index in [9.17, 15) is 9.59 Å². The van der Waals surface area contributed by atoms with Gasteiger partial charge in [0, 0.05) is 37.3 Å². The summed E-state index contributed by atoms with van der Waals surface area (Å²) in [5.74, 6) is 0.0444. The Hall–Kier alpha value is -2.82. The van der Waals surface area contributed by atoms with Crippen molar-refractivity contribution < 1.29 is 9.59 Å². The molecule has 1 aliphatic heterocycles. The Kier molecular flexibility index (Phi) is 4.79. The number of hydrogen-bond donors (Lipinski definition) is 2. The van der Waals surface area contributed by atoms with Crippen molar-refractivity contribution in [2.75, 3.05) is 12.3 Å². The van der Waals surface area contributed by atoms with E-state index in [0.717, 1.165) is 24.1 Å². The van der Waals surface area contributed by atoms with Crippen molar-refractivity contribution in [1.82, 2.24) is 10.2 Å². The maximum Gasteiger partial charge on any atom is 0.251 e. The summed E-state index contributed by atoms with van der Waals surface area (Å²) < 4.78 is 0. The molecule has 0 bridgehead atoms. The maximum atomic E-state index is 12.2. The minimum absolute atomic E-state index is 0.158. The summed E-state index contributed by atoms with van der Waals surface area (Å²) in [4.78, 5) is 25.9. The normalized spacial score (nSPS) is 14.0. The molecule has 0 saturated carbocycles. The van der Waals surface area contributed by atoms with Crippen molar-refractivity contribution >= 4 is 17.5 Å². The number of nitrogens with zero attached hydrogens (tertiary/aromatic N) is 1. The monoisotopic (exact) mass is 323 g/mol. The van der Waals surface area contributed by atoms with Crippen LogP contribution in [0.15, 0.2) is 48.5 Å². The molecule has 0 spiro atoms. The summed E-state index contributed by atoms with van der Waals surface area (Å²) in [5.41, 5.74) is 8.92. The average Bonchev–Trinajstić information content (AvgIpc) is 2.99. The van der Waals surface area contributed by atoms with E-state index in [1.807, 2.05) is 29.2 Å². The Labute approximate surface area is 141 Å². The van der Waals surface area contributed by atoms with E-state index in [2.05, 4.69) is 5.32 Å². The fraction of sp³-hybridized carbons (Fsp3) is 0.263. The molecule has 3 N–H and O–H groups in total. The van der Waals surface area contributed by atoms with Crippen LogP contribution in [0.2, 0.25) is 0 Å². The number of carbonyl (C=O) groups is 2. The van der Waals surface area contributed by atoms with Crippen LogP contribution in [0.1, 0.15) is 34.3 Å². The molecule has 1 saturated heterocycles. The van der Waals surface area contributed by atoms with Crippen LogP contribution in [0.25, 0.3) is 0 Å². The van der Waals surface area contributed by atoms with Gasteiger partial charge >= 0.3 is 0 Å². The summed E-state index contributed by atoms with van der Waals surface area (Å²) in [6.45, 7) is 1.83. The van der Waals surface area contributed by atoms with E-state index in [1.165, 1.54) is 0 Å². The van der Waals surface area contributed by atoms with Crippen LogP contribution in [0, 0.1) is 0 Å². The molecular weight excluding hydrogens is 302 g/mol. The first-order valence-electron chi connectivity index (χ1n) is 8.12. The molecule has 1 aliphatic rings. The van der Waals surface area contributed by atoms with Gasteiger partial charge in [-0.05, 0) is 35.7 Å². The molecule has 1 fully saturated rings. The van der Waals surface area contributed by atoms with Crippen molar-refractivity contribution in [2.45, 2.75) is 25.9 Å². The molecule has 24 heavy (non-hydrogen) atoms. The summed E-state index contributed by atoms with van der Waals surface area (Å²) in [7, 11) is 0. The Morgan fingerprint density at radius 2 is 1.92 bits per heavy atom. The smallest absolute Gasteiger partial charge is 0.251 e. The number of nitrogens with two attached hydrogens (primary N) is 1. The predicted molar refractivity (Wildman–Crippen MR) is 93.1 cm³/mol. The number of nitrogens with one attached hydrogen (secondary N) is 1. The number of carbonyl (C=O) groups excluding carboxylic acids is 2. The average molecular weight is 323 g/mol. The molecule has 124 valence electrons. The number of likely N-dealkylation sites (tertiary alicyclic amines) is 1. The van der Waals surface area contributed by atoms with Crippen LogP contribution in [0.5, 0.6) is 0 Å². The Balaban J connectivity index is 1.67. The third-order valence-electron chi connectivity index (χ3n) is 4.24. The van der Waals surface area contributed by atoms with Gasteiger partial charge in [-0.25, -0.2) is 0 Å². The van der Waals surface area contributed by atoms with E-state index in [0.29, 0.717) is 30.8 Å². The first-order chi connectivity index (χ1) is 11.6. The van der Waals surface area contributed by atoms with Gasteiger partial charge in [0.15, 0.2) is 0 Å². The van der Waals surface area contributed by atoms with Crippen LogP contribution in [0.3, 0.4) is 0 Å². The number of benzene rings is 2. The molecular formula is C19H21N3O2. The fourth-order valence-electron chi connectivity index (χ4n) is 2.92. The van der Waals surface area contributed by atoms with Crippen LogP contribution in [0.4, 0.5) is 5.69 Å². The van der Waals surface area contributed by atoms with Crippen molar-refractivity contribution in [1.29, 1.82) is 0 Å². The lowest BCUT2D eigenvalue weighted by Crippen LogP contribution is -2.26. The first kappa shape index (κ1) is 16.1. The highest BCUT2D eigenvalue weighted by Gasteiger charge is 2.20. The number of hydrogen-bond acceptors (Lipinski definition) is 3. The van der Waals surface area contributed by atoms with Crippen molar-refractivity contribution in [3.05, 3.63) is 65.2 Å². The Morgan fingerprint density at radius 1 is 1.12 bits per heavy atom. The van der Waals surface area contributed by atoms with Crippen LogP contribution >= 0.6 is 0 Å². The van der Waals surface area contributed by atoms with Gasteiger partial charge in [0.25, 0.3) is 5.91 Å². The molecule has 5 heteroatoms. The molecule has 0 aromatic heterocycles. The van der Waals surface area contributed by atoms with Gasteiger partial charge in [-0.15, -0.1) is 0 Å². The van der Waals surface area contributed by atoms with Gasteiger partial charge in [0.2, 0.25) is 5.91 Å². The SMILES string of the molecule is Nc1cccc(C(=O)NCc2ccccc2CN2CCCC2=O)c1. The predicted octanol–water partition coefficient (Wildman–Crippen LogP) is 2.32. The van der Waals surface area contributed by atoms with E-state index in [4.69, 9.17) is 5.73 Å². The third kappa shape index (κ3) is 3.74. The molecule has 0 radical (unpaired) electrons. The maximum absolute atomic E-state index is 12.2. The highest BCUT2D eigenvalue weighted by atomic mass is 16.2. The van der Waals surface area contributed by atoms with Crippen LogP contribution < -0.4 is 11.1 Å². The Bertz CT molecular complexity index is 758.